The molecular formula is C17H12N4O2. The van der Waals surface area contributed by atoms with Crippen LogP contribution in [0, 0.1) is 11.3 Å². The van der Waals surface area contributed by atoms with Crippen molar-refractivity contribution in [3.63, 3.8) is 0 Å². The van der Waals surface area contributed by atoms with Crippen LogP contribution in [0.15, 0.2) is 65.4 Å². The molecular weight excluding hydrogens is 292 g/mol. The summed E-state index contributed by atoms with van der Waals surface area (Å²) in [5.74, 6) is 0.287. The Hall–Kier alpha value is -3.59. The van der Waals surface area contributed by atoms with E-state index in [0.717, 1.165) is 11.4 Å². The SMILES string of the molecule is N#Cc1cccc(Nc2ccc(NC(=O)c3ccco3)nc2)c1. The highest BCUT2D eigenvalue weighted by Crippen LogP contribution is 2.18. The lowest BCUT2D eigenvalue weighted by Crippen LogP contribution is -2.11. The van der Waals surface area contributed by atoms with Gasteiger partial charge >= 0.3 is 0 Å². The van der Waals surface area contributed by atoms with Crippen molar-refractivity contribution in [1.82, 2.24) is 4.98 Å². The summed E-state index contributed by atoms with van der Waals surface area (Å²) in [5.41, 5.74) is 2.11. The molecule has 0 spiro atoms. The van der Waals surface area contributed by atoms with Crippen molar-refractivity contribution < 1.29 is 9.21 Å². The van der Waals surface area contributed by atoms with Gasteiger partial charge in [0.05, 0.1) is 29.8 Å². The van der Waals surface area contributed by atoms with E-state index in [1.165, 1.54) is 6.26 Å². The summed E-state index contributed by atoms with van der Waals surface area (Å²) in [6.45, 7) is 0. The Labute approximate surface area is 132 Å². The summed E-state index contributed by atoms with van der Waals surface area (Å²) < 4.78 is 5.01. The van der Waals surface area contributed by atoms with Crippen molar-refractivity contribution in [3.8, 4) is 6.07 Å². The summed E-state index contributed by atoms with van der Waals surface area (Å²) >= 11 is 0. The molecule has 0 bridgehead atoms. The third kappa shape index (κ3) is 3.54. The van der Waals surface area contributed by atoms with Gasteiger partial charge in [0.15, 0.2) is 5.76 Å². The van der Waals surface area contributed by atoms with Gasteiger partial charge in [-0.15, -0.1) is 0 Å². The predicted octanol–water partition coefficient (Wildman–Crippen LogP) is 3.54. The number of anilines is 3. The van der Waals surface area contributed by atoms with Crippen LogP contribution in [0.2, 0.25) is 0 Å². The molecule has 1 aromatic carbocycles. The van der Waals surface area contributed by atoms with E-state index in [1.807, 2.05) is 6.07 Å². The molecule has 6 nitrogen and oxygen atoms in total. The molecule has 0 saturated heterocycles. The predicted molar refractivity (Wildman–Crippen MR) is 85.3 cm³/mol. The molecule has 6 heteroatoms. The Morgan fingerprint density at radius 1 is 1.13 bits per heavy atom. The standard InChI is InChI=1S/C17H12N4O2/c18-10-12-3-1-4-13(9-12)20-14-6-7-16(19-11-14)21-17(22)15-5-2-8-23-15/h1-9,11,20H,(H,19,21,22). The maximum absolute atomic E-state index is 11.8. The van der Waals surface area contributed by atoms with Gasteiger partial charge in [-0.2, -0.15) is 5.26 Å². The maximum Gasteiger partial charge on any atom is 0.292 e. The Balaban J connectivity index is 1.67. The molecule has 0 fully saturated rings. The fourth-order valence-corrected chi connectivity index (χ4v) is 1.96. The third-order valence-electron chi connectivity index (χ3n) is 3.03. The van der Waals surface area contributed by atoms with Crippen LogP contribution in [0.5, 0.6) is 0 Å². The largest absolute Gasteiger partial charge is 0.459 e. The fraction of sp³-hybridized carbons (Fsp3) is 0. The minimum Gasteiger partial charge on any atom is -0.459 e. The lowest BCUT2D eigenvalue weighted by molar-refractivity contribution is 0.0996. The van der Waals surface area contributed by atoms with Gasteiger partial charge < -0.3 is 15.1 Å². The number of pyridine rings is 1. The van der Waals surface area contributed by atoms with Crippen LogP contribution in [-0.2, 0) is 0 Å². The summed E-state index contributed by atoms with van der Waals surface area (Å²) in [6, 6.07) is 15.9. The van der Waals surface area contributed by atoms with Crippen LogP contribution in [-0.4, -0.2) is 10.9 Å². The third-order valence-corrected chi connectivity index (χ3v) is 3.03. The number of carbonyl (C=O) groups excluding carboxylic acids is 1. The maximum atomic E-state index is 11.8. The van der Waals surface area contributed by atoms with Gasteiger partial charge in [-0.3, -0.25) is 4.79 Å². The zero-order chi connectivity index (χ0) is 16.1. The first-order valence-electron chi connectivity index (χ1n) is 6.83. The van der Waals surface area contributed by atoms with Crippen LogP contribution in [0.3, 0.4) is 0 Å². The number of benzene rings is 1. The second-order valence-corrected chi connectivity index (χ2v) is 4.68. The molecule has 2 heterocycles. The second-order valence-electron chi connectivity index (χ2n) is 4.68. The van der Waals surface area contributed by atoms with E-state index in [9.17, 15) is 4.79 Å². The molecule has 0 radical (unpaired) electrons. The van der Waals surface area contributed by atoms with Crippen molar-refractivity contribution in [3.05, 3.63) is 72.3 Å². The van der Waals surface area contributed by atoms with E-state index in [0.29, 0.717) is 11.4 Å². The molecule has 0 aliphatic heterocycles. The summed E-state index contributed by atoms with van der Waals surface area (Å²) in [6.07, 6.45) is 3.03. The number of nitriles is 1. The first-order valence-corrected chi connectivity index (χ1v) is 6.83. The van der Waals surface area contributed by atoms with Crippen LogP contribution < -0.4 is 10.6 Å². The van der Waals surface area contributed by atoms with Gasteiger partial charge in [0.25, 0.3) is 5.91 Å². The number of aromatic nitrogens is 1. The minimum absolute atomic E-state index is 0.224. The topological polar surface area (TPSA) is 91.0 Å². The molecule has 23 heavy (non-hydrogen) atoms. The Kier molecular flexibility index (Phi) is 4.03. The normalized spacial score (nSPS) is 9.87. The molecule has 0 atom stereocenters. The van der Waals surface area contributed by atoms with E-state index in [1.54, 1.807) is 48.7 Å². The van der Waals surface area contributed by atoms with E-state index >= 15 is 0 Å². The van der Waals surface area contributed by atoms with Crippen molar-refractivity contribution in [2.24, 2.45) is 0 Å². The summed E-state index contributed by atoms with van der Waals surface area (Å²) in [4.78, 5) is 16.0. The van der Waals surface area contributed by atoms with Crippen molar-refractivity contribution >= 4 is 23.1 Å². The van der Waals surface area contributed by atoms with Gasteiger partial charge in [-0.05, 0) is 42.5 Å². The highest BCUT2D eigenvalue weighted by molar-refractivity contribution is 6.01. The molecule has 0 aliphatic carbocycles. The first kappa shape index (κ1) is 14.4. The van der Waals surface area contributed by atoms with E-state index in [-0.39, 0.29) is 11.7 Å². The van der Waals surface area contributed by atoms with Crippen molar-refractivity contribution in [2.45, 2.75) is 0 Å². The number of carbonyl (C=O) groups is 1. The Morgan fingerprint density at radius 3 is 2.74 bits per heavy atom. The quantitative estimate of drug-likeness (QED) is 0.769. The monoisotopic (exact) mass is 304 g/mol. The van der Waals surface area contributed by atoms with Crippen LogP contribution >= 0.6 is 0 Å². The molecule has 2 aromatic heterocycles. The molecule has 112 valence electrons. The smallest absolute Gasteiger partial charge is 0.292 e. The van der Waals surface area contributed by atoms with Crippen molar-refractivity contribution in [2.75, 3.05) is 10.6 Å². The number of nitrogens with one attached hydrogen (secondary N) is 2. The zero-order valence-corrected chi connectivity index (χ0v) is 12.0. The van der Waals surface area contributed by atoms with Gasteiger partial charge in [0, 0.05) is 5.69 Å². The lowest BCUT2D eigenvalue weighted by atomic mass is 10.2. The number of nitrogens with zero attached hydrogens (tertiary/aromatic N) is 2. The number of hydrogen-bond donors (Lipinski definition) is 2. The van der Waals surface area contributed by atoms with Gasteiger partial charge in [-0.25, -0.2) is 4.98 Å². The molecule has 0 saturated carbocycles. The van der Waals surface area contributed by atoms with E-state index < -0.39 is 0 Å². The number of rotatable bonds is 4. The molecule has 3 rings (SSSR count). The average Bonchev–Trinajstić information content (AvgIpc) is 3.11. The minimum atomic E-state index is -0.357. The molecule has 1 amide bonds. The fourth-order valence-electron chi connectivity index (χ4n) is 1.96. The summed E-state index contributed by atoms with van der Waals surface area (Å²) in [7, 11) is 0. The van der Waals surface area contributed by atoms with E-state index in [4.69, 9.17) is 9.68 Å². The summed E-state index contributed by atoms with van der Waals surface area (Å²) in [5, 5.41) is 14.7. The Morgan fingerprint density at radius 2 is 2.04 bits per heavy atom. The van der Waals surface area contributed by atoms with Gasteiger partial charge in [-0.1, -0.05) is 6.07 Å². The first-order chi connectivity index (χ1) is 11.2. The highest BCUT2D eigenvalue weighted by Gasteiger charge is 2.09. The lowest BCUT2D eigenvalue weighted by Gasteiger charge is -2.07. The van der Waals surface area contributed by atoms with Crippen LogP contribution in [0.4, 0.5) is 17.2 Å². The molecule has 0 unspecified atom stereocenters. The zero-order valence-electron chi connectivity index (χ0n) is 12.0. The molecule has 2 N–H and O–H groups in total. The molecule has 3 aromatic rings. The van der Waals surface area contributed by atoms with Crippen LogP contribution in [0.25, 0.3) is 0 Å². The van der Waals surface area contributed by atoms with Crippen LogP contribution in [0.1, 0.15) is 16.1 Å². The number of amides is 1. The second kappa shape index (κ2) is 6.45. The van der Waals surface area contributed by atoms with Gasteiger partial charge in [0.1, 0.15) is 5.82 Å². The molecule has 0 aliphatic rings. The highest BCUT2D eigenvalue weighted by atomic mass is 16.3. The number of furan rings is 1. The average molecular weight is 304 g/mol. The number of hydrogen-bond acceptors (Lipinski definition) is 5. The van der Waals surface area contributed by atoms with Crippen molar-refractivity contribution in [1.29, 1.82) is 5.26 Å². The van der Waals surface area contributed by atoms with E-state index in [2.05, 4.69) is 21.7 Å². The Bertz CT molecular complexity index is 849. The van der Waals surface area contributed by atoms with Gasteiger partial charge in [0.2, 0.25) is 0 Å².